The second-order valence-corrected chi connectivity index (χ2v) is 3.65. The summed E-state index contributed by atoms with van der Waals surface area (Å²) in [4.78, 5) is 11.1. The Balaban J connectivity index is 2.46. The Morgan fingerprint density at radius 3 is 2.68 bits per heavy atom. The van der Waals surface area contributed by atoms with Gasteiger partial charge in [-0.3, -0.25) is 0 Å². The van der Waals surface area contributed by atoms with Gasteiger partial charge in [-0.15, -0.1) is 6.42 Å². The van der Waals surface area contributed by atoms with Crippen LogP contribution in [-0.2, 0) is 11.2 Å². The molecular formula is C14H17NO4. The first-order valence-electron chi connectivity index (χ1n) is 5.76. The molecule has 1 amide bonds. The van der Waals surface area contributed by atoms with Gasteiger partial charge >= 0.3 is 6.09 Å². The van der Waals surface area contributed by atoms with Gasteiger partial charge < -0.3 is 19.5 Å². The molecule has 0 saturated heterocycles. The Hall–Kier alpha value is -2.35. The van der Waals surface area contributed by atoms with E-state index in [4.69, 9.17) is 15.9 Å². The van der Waals surface area contributed by atoms with Gasteiger partial charge in [0.2, 0.25) is 0 Å². The largest absolute Gasteiger partial charge is 0.493 e. The number of carbonyl (C=O) groups is 1. The summed E-state index contributed by atoms with van der Waals surface area (Å²) in [5.41, 5.74) is 1.02. The van der Waals surface area contributed by atoms with Crippen LogP contribution in [0.4, 0.5) is 4.79 Å². The highest BCUT2D eigenvalue weighted by atomic mass is 16.5. The number of carbonyl (C=O) groups excluding carboxylic acids is 1. The van der Waals surface area contributed by atoms with Gasteiger partial charge in [0.25, 0.3) is 0 Å². The van der Waals surface area contributed by atoms with Crippen molar-refractivity contribution in [3.8, 4) is 23.8 Å². The van der Waals surface area contributed by atoms with Crippen LogP contribution in [0.3, 0.4) is 0 Å². The highest BCUT2D eigenvalue weighted by Crippen LogP contribution is 2.27. The molecule has 0 unspecified atom stereocenters. The average Bonchev–Trinajstić information content (AvgIpc) is 2.44. The second-order valence-electron chi connectivity index (χ2n) is 3.65. The predicted octanol–water partition coefficient (Wildman–Crippen LogP) is 1.61. The van der Waals surface area contributed by atoms with Gasteiger partial charge in [-0.2, -0.15) is 0 Å². The van der Waals surface area contributed by atoms with E-state index in [0.29, 0.717) is 24.5 Å². The maximum atomic E-state index is 11.1. The van der Waals surface area contributed by atoms with E-state index < -0.39 is 6.09 Å². The van der Waals surface area contributed by atoms with E-state index in [2.05, 4.69) is 16.0 Å². The number of amides is 1. The topological polar surface area (TPSA) is 56.8 Å². The molecular weight excluding hydrogens is 246 g/mol. The van der Waals surface area contributed by atoms with Gasteiger partial charge in [0.1, 0.15) is 0 Å². The van der Waals surface area contributed by atoms with Crippen molar-refractivity contribution >= 4 is 6.09 Å². The van der Waals surface area contributed by atoms with Crippen LogP contribution in [0.2, 0.25) is 0 Å². The molecule has 19 heavy (non-hydrogen) atoms. The Morgan fingerprint density at radius 1 is 1.32 bits per heavy atom. The quantitative estimate of drug-likeness (QED) is 0.792. The third kappa shape index (κ3) is 4.80. The van der Waals surface area contributed by atoms with Gasteiger partial charge in [-0.25, -0.2) is 4.79 Å². The van der Waals surface area contributed by atoms with E-state index in [0.717, 1.165) is 5.56 Å². The lowest BCUT2D eigenvalue weighted by Gasteiger charge is -2.10. The summed E-state index contributed by atoms with van der Waals surface area (Å²) in [6, 6.07) is 5.61. The lowest BCUT2D eigenvalue weighted by atomic mass is 10.1. The van der Waals surface area contributed by atoms with Crippen LogP contribution >= 0.6 is 0 Å². The van der Waals surface area contributed by atoms with Crippen molar-refractivity contribution in [3.05, 3.63) is 23.8 Å². The van der Waals surface area contributed by atoms with E-state index in [9.17, 15) is 4.79 Å². The fraction of sp³-hybridized carbons (Fsp3) is 0.357. The third-order valence-corrected chi connectivity index (χ3v) is 2.42. The molecule has 1 N–H and O–H groups in total. The SMILES string of the molecule is C#CCOC(=O)NCCc1ccc(OC)c(OC)c1. The van der Waals surface area contributed by atoms with Crippen LogP contribution in [0.1, 0.15) is 5.56 Å². The van der Waals surface area contributed by atoms with E-state index in [1.807, 2.05) is 18.2 Å². The number of hydrogen-bond acceptors (Lipinski definition) is 4. The van der Waals surface area contributed by atoms with Gasteiger partial charge in [-0.1, -0.05) is 12.0 Å². The monoisotopic (exact) mass is 263 g/mol. The molecule has 0 aliphatic carbocycles. The summed E-state index contributed by atoms with van der Waals surface area (Å²) in [6.45, 7) is 0.432. The highest BCUT2D eigenvalue weighted by Gasteiger charge is 2.05. The van der Waals surface area contributed by atoms with E-state index >= 15 is 0 Å². The third-order valence-electron chi connectivity index (χ3n) is 2.42. The Kier molecular flexibility index (Phi) is 6.10. The smallest absolute Gasteiger partial charge is 0.408 e. The number of rotatable bonds is 6. The highest BCUT2D eigenvalue weighted by molar-refractivity contribution is 5.67. The fourth-order valence-electron chi connectivity index (χ4n) is 1.50. The van der Waals surface area contributed by atoms with Crippen molar-refractivity contribution in [2.24, 2.45) is 0 Å². The number of alkyl carbamates (subject to hydrolysis) is 1. The van der Waals surface area contributed by atoms with Crippen LogP contribution in [0.5, 0.6) is 11.5 Å². The molecule has 0 saturated carbocycles. The predicted molar refractivity (Wildman–Crippen MR) is 71.4 cm³/mol. The summed E-state index contributed by atoms with van der Waals surface area (Å²) in [6.07, 6.45) is 5.12. The zero-order valence-corrected chi connectivity index (χ0v) is 11.1. The normalized spacial score (nSPS) is 9.32. The zero-order valence-electron chi connectivity index (χ0n) is 11.1. The Bertz CT molecular complexity index is 465. The second kappa shape index (κ2) is 7.88. The number of hydrogen-bond donors (Lipinski definition) is 1. The minimum absolute atomic E-state index is 0.0256. The molecule has 0 bridgehead atoms. The molecule has 5 nitrogen and oxygen atoms in total. The number of ether oxygens (including phenoxy) is 3. The molecule has 0 aliphatic rings. The van der Waals surface area contributed by atoms with E-state index in [1.165, 1.54) is 0 Å². The van der Waals surface area contributed by atoms with Crippen molar-refractivity contribution in [1.82, 2.24) is 5.32 Å². The first-order chi connectivity index (χ1) is 9.21. The molecule has 0 heterocycles. The van der Waals surface area contributed by atoms with Crippen LogP contribution in [0, 0.1) is 12.3 Å². The average molecular weight is 263 g/mol. The van der Waals surface area contributed by atoms with E-state index in [1.54, 1.807) is 14.2 Å². The van der Waals surface area contributed by atoms with Crippen LogP contribution in [0.15, 0.2) is 18.2 Å². The van der Waals surface area contributed by atoms with Crippen LogP contribution in [-0.4, -0.2) is 33.5 Å². The molecule has 102 valence electrons. The minimum atomic E-state index is -0.515. The van der Waals surface area contributed by atoms with Crippen LogP contribution in [0.25, 0.3) is 0 Å². The van der Waals surface area contributed by atoms with Crippen molar-refractivity contribution in [2.75, 3.05) is 27.4 Å². The lowest BCUT2D eigenvalue weighted by Crippen LogP contribution is -2.26. The molecule has 1 rings (SSSR count). The summed E-state index contributed by atoms with van der Waals surface area (Å²) in [5, 5.41) is 2.60. The standard InChI is InChI=1S/C14H17NO4/c1-4-9-19-14(16)15-8-7-11-5-6-12(17-2)13(10-11)18-3/h1,5-6,10H,7-9H2,2-3H3,(H,15,16). The molecule has 1 aromatic rings. The summed E-state index contributed by atoms with van der Waals surface area (Å²) < 4.78 is 15.0. The number of methoxy groups -OCH3 is 2. The molecule has 0 spiro atoms. The molecule has 0 aliphatic heterocycles. The van der Waals surface area contributed by atoms with Crippen LogP contribution < -0.4 is 14.8 Å². The van der Waals surface area contributed by atoms with Crippen molar-refractivity contribution in [2.45, 2.75) is 6.42 Å². The molecule has 5 heteroatoms. The number of nitrogens with one attached hydrogen (secondary N) is 1. The van der Waals surface area contributed by atoms with Gasteiger partial charge in [0.15, 0.2) is 18.1 Å². The fourth-order valence-corrected chi connectivity index (χ4v) is 1.50. The van der Waals surface area contributed by atoms with Gasteiger partial charge in [0, 0.05) is 6.54 Å². The molecule has 1 aromatic carbocycles. The molecule has 0 radical (unpaired) electrons. The number of benzene rings is 1. The Labute approximate surface area is 112 Å². The van der Waals surface area contributed by atoms with Crippen molar-refractivity contribution in [1.29, 1.82) is 0 Å². The molecule has 0 fully saturated rings. The summed E-state index contributed by atoms with van der Waals surface area (Å²) in [5.74, 6) is 3.56. The maximum absolute atomic E-state index is 11.1. The van der Waals surface area contributed by atoms with Crippen molar-refractivity contribution in [3.63, 3.8) is 0 Å². The van der Waals surface area contributed by atoms with E-state index in [-0.39, 0.29) is 6.61 Å². The lowest BCUT2D eigenvalue weighted by molar-refractivity contribution is 0.160. The Morgan fingerprint density at radius 2 is 2.05 bits per heavy atom. The summed E-state index contributed by atoms with van der Waals surface area (Å²) >= 11 is 0. The van der Waals surface area contributed by atoms with Gasteiger partial charge in [-0.05, 0) is 24.1 Å². The zero-order chi connectivity index (χ0) is 14.1. The minimum Gasteiger partial charge on any atom is -0.493 e. The van der Waals surface area contributed by atoms with Gasteiger partial charge in [0.05, 0.1) is 14.2 Å². The maximum Gasteiger partial charge on any atom is 0.408 e. The summed E-state index contributed by atoms with van der Waals surface area (Å²) in [7, 11) is 3.16. The van der Waals surface area contributed by atoms with Crippen molar-refractivity contribution < 1.29 is 19.0 Å². The number of terminal acetylenes is 1. The first-order valence-corrected chi connectivity index (χ1v) is 5.76. The molecule has 0 aromatic heterocycles. The first kappa shape index (κ1) is 14.7. The molecule has 0 atom stereocenters.